The van der Waals surface area contributed by atoms with E-state index >= 15 is 0 Å². The van der Waals surface area contributed by atoms with Crippen molar-refractivity contribution < 1.29 is 14.7 Å². The quantitative estimate of drug-likeness (QED) is 0.476. The molecule has 8 nitrogen and oxygen atoms in total. The zero-order valence-corrected chi connectivity index (χ0v) is 21.8. The SMILES string of the molecule is [C-]#[N+]c1cn(C)c(C(=O)Cc2cc(CO)c(C3CN(C)C(=O)N(C)C3)cc2C2=CCC(C)(C)CC2)n1. The van der Waals surface area contributed by atoms with Crippen molar-refractivity contribution in [1.29, 1.82) is 0 Å². The average molecular weight is 490 g/mol. The molecule has 0 radical (unpaired) electrons. The summed E-state index contributed by atoms with van der Waals surface area (Å²) >= 11 is 0. The van der Waals surface area contributed by atoms with Gasteiger partial charge in [-0.25, -0.2) is 4.79 Å². The van der Waals surface area contributed by atoms with Crippen LogP contribution in [0, 0.1) is 12.0 Å². The standard InChI is InChI=1S/C28H35N5O3/c1-28(2)9-7-18(8-10-28)22-13-23(21-14-32(5)27(36)33(6)15-21)20(17-34)11-19(22)12-24(35)26-30-25(29-3)16-31(26)4/h7,11,13,16,21,34H,8-10,12,14-15,17H2,1-2,4-6H3. The Hall–Kier alpha value is -3.44. The summed E-state index contributed by atoms with van der Waals surface area (Å²) in [5.74, 6) is 0.351. The van der Waals surface area contributed by atoms with Crippen molar-refractivity contribution in [3.8, 4) is 0 Å². The van der Waals surface area contributed by atoms with E-state index in [0.29, 0.717) is 13.1 Å². The Kier molecular flexibility index (Phi) is 7.05. The Morgan fingerprint density at radius 1 is 1.19 bits per heavy atom. The molecule has 36 heavy (non-hydrogen) atoms. The molecule has 2 heterocycles. The van der Waals surface area contributed by atoms with E-state index in [1.807, 2.05) is 6.07 Å². The van der Waals surface area contributed by atoms with Crippen molar-refractivity contribution in [3.05, 3.63) is 63.9 Å². The summed E-state index contributed by atoms with van der Waals surface area (Å²) in [5.41, 5.74) is 5.16. The third-order valence-electron chi connectivity index (χ3n) is 7.51. The largest absolute Gasteiger partial charge is 0.392 e. The van der Waals surface area contributed by atoms with Gasteiger partial charge in [0.2, 0.25) is 5.78 Å². The van der Waals surface area contributed by atoms with Gasteiger partial charge in [-0.2, -0.15) is 0 Å². The number of Topliss-reactive ketones (excluding diaryl/α,β-unsaturated/α-hetero) is 1. The van der Waals surface area contributed by atoms with E-state index in [9.17, 15) is 14.7 Å². The monoisotopic (exact) mass is 489 g/mol. The lowest BCUT2D eigenvalue weighted by Gasteiger charge is -2.37. The first-order valence-corrected chi connectivity index (χ1v) is 12.4. The number of imidazole rings is 1. The summed E-state index contributed by atoms with van der Waals surface area (Å²) in [6.45, 7) is 12.7. The fraction of sp³-hybridized carbons (Fsp3) is 0.500. The molecule has 0 saturated carbocycles. The van der Waals surface area contributed by atoms with E-state index in [1.54, 1.807) is 41.7 Å². The molecule has 2 aromatic rings. The molecule has 1 aliphatic heterocycles. The van der Waals surface area contributed by atoms with Crippen LogP contribution < -0.4 is 0 Å². The van der Waals surface area contributed by atoms with E-state index in [0.717, 1.165) is 41.5 Å². The van der Waals surface area contributed by atoms with Crippen LogP contribution in [0.5, 0.6) is 0 Å². The van der Waals surface area contributed by atoms with Crippen molar-refractivity contribution in [2.45, 2.75) is 52.1 Å². The predicted octanol–water partition coefficient (Wildman–Crippen LogP) is 4.56. The highest BCUT2D eigenvalue weighted by Crippen LogP contribution is 2.40. The van der Waals surface area contributed by atoms with Crippen molar-refractivity contribution in [2.24, 2.45) is 12.5 Å². The van der Waals surface area contributed by atoms with Crippen LogP contribution in [0.1, 0.15) is 71.9 Å². The number of carbonyl (C=O) groups excluding carboxylic acids is 2. The summed E-state index contributed by atoms with van der Waals surface area (Å²) in [4.78, 5) is 36.6. The normalized spacial score (nSPS) is 18.2. The number of benzene rings is 1. The molecule has 1 saturated heterocycles. The van der Waals surface area contributed by atoms with Crippen molar-refractivity contribution >= 4 is 23.2 Å². The molecule has 2 aliphatic rings. The number of urea groups is 1. The predicted molar refractivity (Wildman–Crippen MR) is 139 cm³/mol. The van der Waals surface area contributed by atoms with Crippen molar-refractivity contribution in [1.82, 2.24) is 19.4 Å². The van der Waals surface area contributed by atoms with Gasteiger partial charge >= 0.3 is 6.03 Å². The Labute approximate surface area is 213 Å². The van der Waals surface area contributed by atoms with E-state index < -0.39 is 0 Å². The number of carbonyl (C=O) groups is 2. The molecular weight excluding hydrogens is 454 g/mol. The first-order valence-electron chi connectivity index (χ1n) is 12.4. The number of aromatic nitrogens is 2. The van der Waals surface area contributed by atoms with Crippen molar-refractivity contribution in [2.75, 3.05) is 27.2 Å². The highest BCUT2D eigenvalue weighted by molar-refractivity contribution is 5.96. The highest BCUT2D eigenvalue weighted by Gasteiger charge is 2.31. The van der Waals surface area contributed by atoms with Crippen LogP contribution in [0.3, 0.4) is 0 Å². The maximum atomic E-state index is 13.3. The summed E-state index contributed by atoms with van der Waals surface area (Å²) in [6.07, 6.45) is 6.92. The second-order valence-electron chi connectivity index (χ2n) is 10.9. The molecule has 0 bridgehead atoms. The average Bonchev–Trinajstić information content (AvgIpc) is 3.23. The van der Waals surface area contributed by atoms with Crippen LogP contribution in [-0.4, -0.2) is 63.5 Å². The van der Waals surface area contributed by atoms with Gasteiger partial charge in [0.05, 0.1) is 6.61 Å². The molecule has 2 amide bonds. The molecule has 4 rings (SSSR count). The minimum Gasteiger partial charge on any atom is -0.392 e. The minimum atomic E-state index is -0.162. The van der Waals surface area contributed by atoms with Gasteiger partial charge in [-0.1, -0.05) is 43.6 Å². The topological polar surface area (TPSA) is 83.0 Å². The van der Waals surface area contributed by atoms with Gasteiger partial charge in [0.1, 0.15) is 0 Å². The zero-order valence-electron chi connectivity index (χ0n) is 21.8. The summed E-state index contributed by atoms with van der Waals surface area (Å²) < 4.78 is 1.60. The van der Waals surface area contributed by atoms with Gasteiger partial charge in [-0.05, 0) is 52.5 Å². The van der Waals surface area contributed by atoms with Crippen LogP contribution in [0.4, 0.5) is 10.6 Å². The molecule has 1 fully saturated rings. The lowest BCUT2D eigenvalue weighted by atomic mass is 9.75. The van der Waals surface area contributed by atoms with Gasteiger partial charge in [0, 0.05) is 52.8 Å². The number of rotatable bonds is 6. The maximum Gasteiger partial charge on any atom is 0.319 e. The van der Waals surface area contributed by atoms with Gasteiger partial charge in [0.25, 0.3) is 11.6 Å². The van der Waals surface area contributed by atoms with Crippen LogP contribution in [0.15, 0.2) is 24.4 Å². The number of aryl methyl sites for hydroxylation is 1. The Balaban J connectivity index is 1.78. The van der Waals surface area contributed by atoms with Crippen LogP contribution in [0.25, 0.3) is 10.4 Å². The molecule has 1 aliphatic carbocycles. The third kappa shape index (κ3) is 5.07. The summed E-state index contributed by atoms with van der Waals surface area (Å²) in [5, 5.41) is 10.3. The second-order valence-corrected chi connectivity index (χ2v) is 10.9. The molecule has 8 heteroatoms. The Bertz CT molecular complexity index is 1250. The fourth-order valence-corrected chi connectivity index (χ4v) is 5.37. The number of ketones is 1. The third-order valence-corrected chi connectivity index (χ3v) is 7.51. The second kappa shape index (κ2) is 9.90. The maximum absolute atomic E-state index is 13.3. The number of amides is 2. The lowest BCUT2D eigenvalue weighted by Crippen LogP contribution is -2.49. The summed E-state index contributed by atoms with van der Waals surface area (Å²) in [7, 11) is 5.32. The highest BCUT2D eigenvalue weighted by atomic mass is 16.3. The molecule has 1 aromatic carbocycles. The molecule has 1 aromatic heterocycles. The van der Waals surface area contributed by atoms with E-state index in [-0.39, 0.29) is 47.8 Å². The van der Waals surface area contributed by atoms with Gasteiger partial charge in [0.15, 0.2) is 0 Å². The van der Waals surface area contributed by atoms with Crippen LogP contribution in [0.2, 0.25) is 0 Å². The number of aliphatic hydroxyl groups excluding tert-OH is 1. The van der Waals surface area contributed by atoms with Gasteiger partial charge in [-0.3, -0.25) is 4.79 Å². The molecule has 0 unspecified atom stereocenters. The molecule has 1 N–H and O–H groups in total. The zero-order chi connectivity index (χ0) is 26.2. The van der Waals surface area contributed by atoms with Crippen LogP contribution >= 0.6 is 0 Å². The lowest BCUT2D eigenvalue weighted by molar-refractivity contribution is 0.0980. The number of allylic oxidation sites excluding steroid dienone is 2. The number of aliphatic hydroxyl groups is 1. The number of hydrogen-bond donors (Lipinski definition) is 1. The van der Waals surface area contributed by atoms with Gasteiger partial charge in [-0.15, -0.1) is 0 Å². The number of nitrogens with zero attached hydrogens (tertiary/aromatic N) is 5. The smallest absolute Gasteiger partial charge is 0.319 e. The molecule has 0 spiro atoms. The first-order chi connectivity index (χ1) is 17.0. The first kappa shape index (κ1) is 25.6. The molecular formula is C28H35N5O3. The Morgan fingerprint density at radius 2 is 1.89 bits per heavy atom. The number of likely N-dealkylation sites (N-methyl/N-ethyl adjacent to an activating group) is 2. The number of hydrogen-bond acceptors (Lipinski definition) is 4. The van der Waals surface area contributed by atoms with E-state index in [2.05, 4.69) is 35.8 Å². The Morgan fingerprint density at radius 3 is 2.44 bits per heavy atom. The van der Waals surface area contributed by atoms with E-state index in [4.69, 9.17) is 6.57 Å². The molecule has 0 atom stereocenters. The van der Waals surface area contributed by atoms with E-state index in [1.165, 1.54) is 5.57 Å². The molecule has 190 valence electrons. The fourth-order valence-electron chi connectivity index (χ4n) is 5.37. The van der Waals surface area contributed by atoms with Crippen LogP contribution in [-0.2, 0) is 20.1 Å². The van der Waals surface area contributed by atoms with Gasteiger partial charge < -0.3 is 24.3 Å². The minimum absolute atomic E-state index is 0.00897. The summed E-state index contributed by atoms with van der Waals surface area (Å²) in [6, 6.07) is 4.09. The van der Waals surface area contributed by atoms with Crippen molar-refractivity contribution in [3.63, 3.8) is 0 Å².